The largest absolute Gasteiger partial charge is 0.497 e. The van der Waals surface area contributed by atoms with Gasteiger partial charge in [-0.25, -0.2) is 9.59 Å². The molecule has 4 N–H and O–H groups in total. The lowest BCUT2D eigenvalue weighted by Gasteiger charge is -2.39. The van der Waals surface area contributed by atoms with Crippen LogP contribution in [0.3, 0.4) is 0 Å². The Morgan fingerprint density at radius 2 is 0.530 bits per heavy atom. The number of fused-ring (bicyclic) bond motifs is 4. The van der Waals surface area contributed by atoms with E-state index in [0.29, 0.717) is 106 Å². The zero-order valence-corrected chi connectivity index (χ0v) is 79.8. The van der Waals surface area contributed by atoms with E-state index in [0.717, 1.165) is 122 Å². The third-order valence-electron chi connectivity index (χ3n) is 23.3. The van der Waals surface area contributed by atoms with Crippen LogP contribution in [0.2, 0.25) is 5.02 Å². The monoisotopic (exact) mass is 1870 g/mol. The van der Waals surface area contributed by atoms with E-state index in [9.17, 15) is 9.59 Å². The first kappa shape index (κ1) is 97.2. The number of anilines is 4. The maximum Gasteiger partial charge on any atom is 0.322 e. The van der Waals surface area contributed by atoms with E-state index >= 15 is 0 Å². The van der Waals surface area contributed by atoms with Crippen LogP contribution in [-0.4, -0.2) is 180 Å². The number of benzene rings is 12. The molecule has 0 bridgehead atoms. The Morgan fingerprint density at radius 1 is 0.284 bits per heavy atom. The lowest BCUT2D eigenvalue weighted by atomic mass is 9.92. The van der Waals surface area contributed by atoms with E-state index in [1.54, 1.807) is 114 Å². The summed E-state index contributed by atoms with van der Waals surface area (Å²) in [5.74, 6) is 11.4. The van der Waals surface area contributed by atoms with Gasteiger partial charge in [0.25, 0.3) is 0 Å². The Morgan fingerprint density at radius 3 is 0.813 bits per heavy atom. The highest BCUT2D eigenvalue weighted by Gasteiger charge is 2.38. The first-order valence-corrected chi connectivity index (χ1v) is 44.8. The molecular formula is C105H113ClN8O18S2. The number of hydrogen-bond acceptors (Lipinski definition) is 20. The number of ether oxygens (including phenoxy) is 16. The Hall–Kier alpha value is -14.4. The van der Waals surface area contributed by atoms with Gasteiger partial charge in [-0.1, -0.05) is 60.1 Å². The topological polar surface area (TPSA) is 243 Å². The molecule has 0 aliphatic carbocycles. The second kappa shape index (κ2) is 47.6. The van der Waals surface area contributed by atoms with Crippen molar-refractivity contribution >= 4 is 81.1 Å². The average molecular weight is 1870 g/mol. The van der Waals surface area contributed by atoms with Crippen LogP contribution in [0, 0.1) is 6.92 Å². The first-order chi connectivity index (χ1) is 65.3. The summed E-state index contributed by atoms with van der Waals surface area (Å²) in [7, 11) is 19.6. The summed E-state index contributed by atoms with van der Waals surface area (Å²) in [5, 5.41) is 14.7. The van der Waals surface area contributed by atoms with Gasteiger partial charge in [0.1, 0.15) is 72.4 Å². The fraction of sp³-hybridized carbons (Fsp3) is 0.276. The number of carbonyl (C=O) groups excluding carboxylic acids is 2. The van der Waals surface area contributed by atoms with Gasteiger partial charge in [-0.15, -0.1) is 0 Å². The minimum absolute atomic E-state index is 0.0978. The molecule has 26 nitrogen and oxygen atoms in total. The highest BCUT2D eigenvalue weighted by Crippen LogP contribution is 2.45. The molecule has 4 amide bonds. The molecule has 0 aromatic heterocycles. The van der Waals surface area contributed by atoms with Gasteiger partial charge >= 0.3 is 12.1 Å². The number of rotatable bonds is 28. The Balaban J connectivity index is 0.000000152. The van der Waals surface area contributed by atoms with Crippen molar-refractivity contribution < 1.29 is 85.4 Å². The summed E-state index contributed by atoms with van der Waals surface area (Å²) in [4.78, 5) is 34.5. The van der Waals surface area contributed by atoms with Crippen LogP contribution in [0.4, 0.5) is 32.3 Å². The molecule has 4 aliphatic heterocycles. The van der Waals surface area contributed by atoms with Crippen LogP contribution >= 0.6 is 36.0 Å². The molecule has 4 atom stereocenters. The number of methoxy groups -OCH3 is 12. The summed E-state index contributed by atoms with van der Waals surface area (Å²) in [6.45, 7) is 6.07. The number of nitrogens with zero attached hydrogens (tertiary/aromatic N) is 4. The summed E-state index contributed by atoms with van der Waals surface area (Å²) in [6.07, 6.45) is 3.06. The minimum Gasteiger partial charge on any atom is -0.497 e. The molecule has 12 aromatic rings. The molecule has 0 spiro atoms. The van der Waals surface area contributed by atoms with E-state index in [4.69, 9.17) is 112 Å². The van der Waals surface area contributed by atoms with E-state index < -0.39 is 0 Å². The standard InChI is InChI=1S/C27H30N2O4S.C26H27ClN2O5.C26H28N2O5.C26H28N2O4S/c1-18-6-5-7-20(14-18)28-27(34)29-13-12-19-15-25(31-3)26(32-4)16-23(19)24(29)17-33-22-10-8-21(30-2)9-11-22;1-31-20-8-10-21(11-9-20)34-16-23-22-15-25(33-3)24(32-2)14-17(22)12-13-29(23)26(30)28-19-6-4-18(27)5-7-19;1-30-20-9-11-21(12-10-20)33-17-23-22-16-25(32-3)24(31-2)15-18(22)13-14-28(23)26(29)27-19-7-5-4-6-8-19;1-29-20-9-11-21(12-10-20)32-17-23-22-16-25(31-3)24(30-2)15-18(22)13-14-28(23)26(33)27-19-7-5-4-6-8-19/h5-11,14-16,24H,12-13,17H2,1-4H3,(H,28,34);4-11,14-15,23H,12-13,16H2,1-3H3,(H,28,30);4-12,15-16,23H,13-14,17H2,1-3H3,(H,27,29);4-12,15-16,23H,13-14,17H2,1-3H3,(H,27,33). The van der Waals surface area contributed by atoms with Gasteiger partial charge in [-0.05, 0) is 313 Å². The molecule has 4 heterocycles. The second-order valence-electron chi connectivity index (χ2n) is 31.2. The lowest BCUT2D eigenvalue weighted by molar-refractivity contribution is 0.144. The number of halogens is 1. The highest BCUT2D eigenvalue weighted by atomic mass is 35.5. The van der Waals surface area contributed by atoms with Crippen molar-refractivity contribution in [2.24, 2.45) is 0 Å². The number of amides is 4. The second-order valence-corrected chi connectivity index (χ2v) is 32.4. The molecule has 29 heteroatoms. The number of hydrogen-bond donors (Lipinski definition) is 4. The molecule has 12 aromatic carbocycles. The number of nitrogens with one attached hydrogen (secondary N) is 4. The summed E-state index contributed by atoms with van der Waals surface area (Å²) < 4.78 is 89.9. The summed E-state index contributed by atoms with van der Waals surface area (Å²) in [5.41, 5.74) is 13.3. The molecule has 4 aliphatic rings. The predicted octanol–water partition coefficient (Wildman–Crippen LogP) is 21.0. The average Bonchev–Trinajstić information content (AvgIpc) is 0.788. The number of para-hydroxylation sites is 2. The molecule has 4 unspecified atom stereocenters. The summed E-state index contributed by atoms with van der Waals surface area (Å²) >= 11 is 17.7. The van der Waals surface area contributed by atoms with E-state index in [-0.39, 0.29) is 49.4 Å². The lowest BCUT2D eigenvalue weighted by Crippen LogP contribution is -2.44. The fourth-order valence-electron chi connectivity index (χ4n) is 16.3. The number of thiocarbonyl (C=S) groups is 2. The van der Waals surface area contributed by atoms with Crippen molar-refractivity contribution in [1.29, 1.82) is 0 Å². The molecule has 700 valence electrons. The van der Waals surface area contributed by atoms with E-state index in [1.165, 1.54) is 16.7 Å². The molecular weight excluding hydrogens is 1760 g/mol. The van der Waals surface area contributed by atoms with E-state index in [1.807, 2.05) is 211 Å². The molecule has 0 saturated heterocycles. The van der Waals surface area contributed by atoms with Crippen molar-refractivity contribution in [1.82, 2.24) is 19.6 Å². The van der Waals surface area contributed by atoms with Gasteiger partial charge in [0.05, 0.1) is 109 Å². The van der Waals surface area contributed by atoms with Crippen molar-refractivity contribution in [3.05, 3.63) is 310 Å². The van der Waals surface area contributed by atoms with Crippen molar-refractivity contribution in [2.45, 2.75) is 56.8 Å². The van der Waals surface area contributed by atoms with Gasteiger partial charge in [-0.3, -0.25) is 0 Å². The maximum absolute atomic E-state index is 13.3. The van der Waals surface area contributed by atoms with Crippen LogP contribution in [-0.2, 0) is 25.7 Å². The molecule has 134 heavy (non-hydrogen) atoms. The predicted molar refractivity (Wildman–Crippen MR) is 531 cm³/mol. The Kier molecular flexibility index (Phi) is 34.6. The quantitative estimate of drug-likeness (QED) is 0.0333. The number of carbonyl (C=O) groups is 2. The molecule has 0 saturated carbocycles. The van der Waals surface area contributed by atoms with Gasteiger partial charge in [-0.2, -0.15) is 0 Å². The van der Waals surface area contributed by atoms with Crippen molar-refractivity contribution in [2.75, 3.05) is 159 Å². The van der Waals surface area contributed by atoms with Gasteiger partial charge in [0.2, 0.25) is 0 Å². The Bertz CT molecular complexity index is 5720. The van der Waals surface area contributed by atoms with Crippen LogP contribution < -0.4 is 97.1 Å². The van der Waals surface area contributed by atoms with Crippen LogP contribution in [0.15, 0.2) is 255 Å². The zero-order valence-electron chi connectivity index (χ0n) is 77.4. The van der Waals surface area contributed by atoms with Crippen molar-refractivity contribution in [3.63, 3.8) is 0 Å². The highest BCUT2D eigenvalue weighted by molar-refractivity contribution is 7.80. The van der Waals surface area contributed by atoms with Gasteiger partial charge in [0.15, 0.2) is 56.2 Å². The minimum atomic E-state index is -0.335. The molecule has 0 fully saturated rings. The summed E-state index contributed by atoms with van der Waals surface area (Å²) in [6, 6.07) is 79.3. The first-order valence-electron chi connectivity index (χ1n) is 43.6. The van der Waals surface area contributed by atoms with Crippen LogP contribution in [0.1, 0.15) is 74.2 Å². The van der Waals surface area contributed by atoms with Crippen LogP contribution in [0.25, 0.3) is 0 Å². The normalized spacial score (nSPS) is 14.7. The number of urea groups is 2. The molecule has 0 radical (unpaired) electrons. The SMILES string of the molecule is COc1ccc(OCC2c3cc(OC)c(OC)cc3CCN2C(=O)Nc2ccc(Cl)cc2)cc1.COc1ccc(OCC2c3cc(OC)c(OC)cc3CCN2C(=O)Nc2ccccc2)cc1.COc1ccc(OCC2c3cc(OC)c(OC)cc3CCN2C(=S)Nc2cccc(C)c2)cc1.COc1ccc(OCC2c3cc(OC)c(OC)cc3CCN2C(=S)Nc2ccccc2)cc1. The zero-order chi connectivity index (χ0) is 94.6. The van der Waals surface area contributed by atoms with E-state index in [2.05, 4.69) is 62.3 Å². The van der Waals surface area contributed by atoms with Crippen molar-refractivity contribution in [3.8, 4) is 92.0 Å². The third-order valence-corrected chi connectivity index (χ3v) is 24.3. The molecule has 16 rings (SSSR count). The smallest absolute Gasteiger partial charge is 0.322 e. The number of aryl methyl sites for hydroxylation is 1. The third kappa shape index (κ3) is 24.9. The Labute approximate surface area is 798 Å². The van der Waals surface area contributed by atoms with Gasteiger partial charge in [0, 0.05) is 54.0 Å². The maximum atomic E-state index is 13.3. The van der Waals surface area contributed by atoms with Crippen LogP contribution in [0.5, 0.6) is 92.0 Å². The van der Waals surface area contributed by atoms with Gasteiger partial charge < -0.3 is 117 Å². The fourth-order valence-corrected chi connectivity index (χ4v) is 17.1.